The molecule has 0 aliphatic carbocycles. The lowest BCUT2D eigenvalue weighted by molar-refractivity contribution is -0.163. The zero-order valence-corrected chi connectivity index (χ0v) is 13.1. The molecule has 3 atom stereocenters. The van der Waals surface area contributed by atoms with Crippen molar-refractivity contribution < 1.29 is 14.6 Å². The number of hydrogen-bond acceptors (Lipinski definition) is 4. The summed E-state index contributed by atoms with van der Waals surface area (Å²) in [6, 6.07) is 0. The Hall–Kier alpha value is -0.610. The van der Waals surface area contributed by atoms with E-state index in [1.807, 2.05) is 41.5 Å². The Bertz CT molecular complexity index is 320. The molecule has 1 rings (SSSR count). The lowest BCUT2D eigenvalue weighted by atomic mass is 9.80. The van der Waals surface area contributed by atoms with E-state index in [1.165, 1.54) is 0 Å². The molecule has 0 spiro atoms. The molecule has 0 aromatic carbocycles. The molecule has 19 heavy (non-hydrogen) atoms. The van der Waals surface area contributed by atoms with E-state index >= 15 is 0 Å². The van der Waals surface area contributed by atoms with Crippen molar-refractivity contribution in [1.29, 1.82) is 0 Å². The second-order valence-electron chi connectivity index (χ2n) is 7.17. The molecule has 112 valence electrons. The number of hydrogen-bond donors (Lipinski definition) is 2. The van der Waals surface area contributed by atoms with Crippen LogP contribution in [0.1, 0.15) is 54.4 Å². The Morgan fingerprint density at radius 1 is 1.47 bits per heavy atom. The average molecular weight is 271 g/mol. The fourth-order valence-corrected chi connectivity index (χ4v) is 2.80. The highest BCUT2D eigenvalue weighted by Crippen LogP contribution is 2.36. The molecule has 1 heterocycles. The van der Waals surface area contributed by atoms with Gasteiger partial charge in [0.2, 0.25) is 0 Å². The van der Waals surface area contributed by atoms with Crippen LogP contribution in [0.3, 0.4) is 0 Å². The Morgan fingerprint density at radius 2 is 2.05 bits per heavy atom. The average Bonchev–Trinajstić information content (AvgIpc) is 2.51. The quantitative estimate of drug-likeness (QED) is 0.769. The number of carbonyl (C=O) groups is 1. The highest BCUT2D eigenvalue weighted by Gasteiger charge is 2.48. The summed E-state index contributed by atoms with van der Waals surface area (Å²) >= 11 is 0. The van der Waals surface area contributed by atoms with Crippen molar-refractivity contribution in [1.82, 2.24) is 5.32 Å². The minimum absolute atomic E-state index is 0.139. The highest BCUT2D eigenvalue weighted by molar-refractivity contribution is 5.75. The number of nitrogens with one attached hydrogen (secondary N) is 1. The van der Waals surface area contributed by atoms with Gasteiger partial charge in [-0.25, -0.2) is 0 Å². The smallest absolute Gasteiger partial charge is 0.311 e. The SMILES string of the molecule is CC[C@H](O)CC1CNC(C)(C)[C@H]1C(=O)OC(C)(C)C. The largest absolute Gasteiger partial charge is 0.460 e. The molecule has 0 radical (unpaired) electrons. The first-order chi connectivity index (χ1) is 8.57. The summed E-state index contributed by atoms with van der Waals surface area (Å²) in [6.07, 6.45) is 1.03. The van der Waals surface area contributed by atoms with E-state index in [2.05, 4.69) is 5.32 Å². The lowest BCUT2D eigenvalue weighted by Gasteiger charge is -2.32. The van der Waals surface area contributed by atoms with Gasteiger partial charge in [0, 0.05) is 5.54 Å². The summed E-state index contributed by atoms with van der Waals surface area (Å²) in [5.74, 6) is -0.219. The third-order valence-electron chi connectivity index (χ3n) is 3.78. The molecule has 1 saturated heterocycles. The maximum Gasteiger partial charge on any atom is 0.311 e. The van der Waals surface area contributed by atoms with Crippen LogP contribution in [0.5, 0.6) is 0 Å². The first kappa shape index (κ1) is 16.4. The van der Waals surface area contributed by atoms with Gasteiger partial charge >= 0.3 is 5.97 Å². The van der Waals surface area contributed by atoms with Crippen LogP contribution in [-0.2, 0) is 9.53 Å². The van der Waals surface area contributed by atoms with Gasteiger partial charge in [-0.2, -0.15) is 0 Å². The molecule has 1 unspecified atom stereocenters. The summed E-state index contributed by atoms with van der Waals surface area (Å²) in [7, 11) is 0. The van der Waals surface area contributed by atoms with E-state index in [0.29, 0.717) is 6.42 Å². The van der Waals surface area contributed by atoms with Crippen LogP contribution in [0.25, 0.3) is 0 Å². The van der Waals surface area contributed by atoms with E-state index < -0.39 is 5.60 Å². The predicted octanol–water partition coefficient (Wildman–Crippen LogP) is 2.10. The molecule has 0 aromatic heterocycles. The van der Waals surface area contributed by atoms with Crippen molar-refractivity contribution >= 4 is 5.97 Å². The van der Waals surface area contributed by atoms with E-state index in [9.17, 15) is 9.90 Å². The number of ether oxygens (including phenoxy) is 1. The minimum Gasteiger partial charge on any atom is -0.460 e. The van der Waals surface area contributed by atoms with Crippen LogP contribution in [0.15, 0.2) is 0 Å². The standard InChI is InChI=1S/C15H29NO3/c1-7-11(17)8-10-9-16-15(5,6)12(10)13(18)19-14(2,3)4/h10-12,16-17H,7-9H2,1-6H3/t10?,11-,12+/m0/s1. The maximum absolute atomic E-state index is 12.4. The van der Waals surface area contributed by atoms with Crippen molar-refractivity contribution in [3.8, 4) is 0 Å². The molecule has 0 aromatic rings. The lowest BCUT2D eigenvalue weighted by Crippen LogP contribution is -2.45. The van der Waals surface area contributed by atoms with Gasteiger partial charge in [-0.3, -0.25) is 4.79 Å². The topological polar surface area (TPSA) is 58.6 Å². The summed E-state index contributed by atoms with van der Waals surface area (Å²) in [6.45, 7) is 12.4. The van der Waals surface area contributed by atoms with Crippen LogP contribution in [0.2, 0.25) is 0 Å². The minimum atomic E-state index is -0.469. The summed E-state index contributed by atoms with van der Waals surface area (Å²) in [5.41, 5.74) is -0.746. The Labute approximate surface area is 116 Å². The van der Waals surface area contributed by atoms with Gasteiger partial charge in [-0.05, 0) is 59.9 Å². The van der Waals surface area contributed by atoms with E-state index in [4.69, 9.17) is 4.74 Å². The van der Waals surface area contributed by atoms with Crippen LogP contribution in [-0.4, -0.2) is 34.9 Å². The maximum atomic E-state index is 12.4. The van der Waals surface area contributed by atoms with Crippen LogP contribution in [0, 0.1) is 11.8 Å². The van der Waals surface area contributed by atoms with E-state index in [1.54, 1.807) is 0 Å². The van der Waals surface area contributed by atoms with E-state index in [-0.39, 0.29) is 29.4 Å². The van der Waals surface area contributed by atoms with Gasteiger partial charge in [0.25, 0.3) is 0 Å². The Morgan fingerprint density at radius 3 is 2.53 bits per heavy atom. The van der Waals surface area contributed by atoms with Crippen molar-refractivity contribution in [3.63, 3.8) is 0 Å². The molecule has 4 nitrogen and oxygen atoms in total. The zero-order valence-electron chi connectivity index (χ0n) is 13.1. The molecule has 2 N–H and O–H groups in total. The van der Waals surface area contributed by atoms with Gasteiger partial charge in [-0.1, -0.05) is 6.92 Å². The number of rotatable bonds is 4. The molecule has 1 aliphatic heterocycles. The summed E-state index contributed by atoms with van der Waals surface area (Å²) in [5, 5.41) is 13.2. The molecule has 1 fully saturated rings. The molecule has 4 heteroatoms. The fourth-order valence-electron chi connectivity index (χ4n) is 2.80. The third-order valence-corrected chi connectivity index (χ3v) is 3.78. The van der Waals surface area contributed by atoms with Crippen LogP contribution in [0.4, 0.5) is 0 Å². The predicted molar refractivity (Wildman–Crippen MR) is 75.8 cm³/mol. The zero-order chi connectivity index (χ0) is 14.8. The number of aliphatic hydroxyl groups excluding tert-OH is 1. The molecule has 0 saturated carbocycles. The molecule has 0 amide bonds. The van der Waals surface area contributed by atoms with Gasteiger partial charge < -0.3 is 15.2 Å². The Balaban J connectivity index is 2.81. The number of aliphatic hydroxyl groups is 1. The summed E-state index contributed by atoms with van der Waals surface area (Å²) in [4.78, 5) is 12.4. The number of esters is 1. The first-order valence-electron chi connectivity index (χ1n) is 7.22. The molecule has 1 aliphatic rings. The van der Waals surface area contributed by atoms with Gasteiger partial charge in [-0.15, -0.1) is 0 Å². The molecule has 0 bridgehead atoms. The Kier molecular flexibility index (Phi) is 5.02. The summed E-state index contributed by atoms with van der Waals surface area (Å²) < 4.78 is 5.54. The third kappa shape index (κ3) is 4.46. The van der Waals surface area contributed by atoms with Crippen molar-refractivity contribution in [2.75, 3.05) is 6.54 Å². The molecular formula is C15H29NO3. The monoisotopic (exact) mass is 271 g/mol. The van der Waals surface area contributed by atoms with Crippen molar-refractivity contribution in [2.24, 2.45) is 11.8 Å². The van der Waals surface area contributed by atoms with Gasteiger partial charge in [0.05, 0.1) is 12.0 Å². The van der Waals surface area contributed by atoms with Crippen LogP contribution < -0.4 is 5.32 Å². The van der Waals surface area contributed by atoms with Gasteiger partial charge in [0.1, 0.15) is 5.60 Å². The van der Waals surface area contributed by atoms with Gasteiger partial charge in [0.15, 0.2) is 0 Å². The van der Waals surface area contributed by atoms with Crippen molar-refractivity contribution in [2.45, 2.75) is 71.6 Å². The van der Waals surface area contributed by atoms with E-state index in [0.717, 1.165) is 13.0 Å². The highest BCUT2D eigenvalue weighted by atomic mass is 16.6. The fraction of sp³-hybridized carbons (Fsp3) is 0.933. The second-order valence-corrected chi connectivity index (χ2v) is 7.17. The molecular weight excluding hydrogens is 242 g/mol. The number of carbonyl (C=O) groups excluding carboxylic acids is 1. The van der Waals surface area contributed by atoms with Crippen LogP contribution >= 0.6 is 0 Å². The second kappa shape index (κ2) is 5.80. The van der Waals surface area contributed by atoms with Crippen molar-refractivity contribution in [3.05, 3.63) is 0 Å². The normalized spacial score (nSPS) is 28.2. The first-order valence-corrected chi connectivity index (χ1v) is 7.22.